The Morgan fingerprint density at radius 2 is 1.87 bits per heavy atom. The minimum absolute atomic E-state index is 0.176. The van der Waals surface area contributed by atoms with Gasteiger partial charge in [-0.1, -0.05) is 35.9 Å². The van der Waals surface area contributed by atoms with E-state index in [9.17, 15) is 4.39 Å². The molecule has 0 aliphatic carbocycles. The van der Waals surface area contributed by atoms with E-state index in [0.29, 0.717) is 5.92 Å². The van der Waals surface area contributed by atoms with Crippen LogP contribution in [0.1, 0.15) is 17.5 Å². The quantitative estimate of drug-likeness (QED) is 0.921. The SMILES string of the molecule is NC1CC(Cc2ccc(Cl)cc2)CN(Cc2cccc(F)c2)C1. The number of piperidine rings is 1. The van der Waals surface area contributed by atoms with E-state index in [1.165, 1.54) is 11.6 Å². The summed E-state index contributed by atoms with van der Waals surface area (Å²) in [5, 5.41) is 0.766. The Bertz CT molecular complexity index is 644. The molecule has 1 aliphatic rings. The molecule has 2 aromatic rings. The van der Waals surface area contributed by atoms with E-state index in [1.54, 1.807) is 12.1 Å². The van der Waals surface area contributed by atoms with Crippen molar-refractivity contribution in [2.45, 2.75) is 25.4 Å². The summed E-state index contributed by atoms with van der Waals surface area (Å²) in [5.41, 5.74) is 8.53. The Morgan fingerprint density at radius 1 is 1.09 bits per heavy atom. The Hall–Kier alpha value is -1.42. The summed E-state index contributed by atoms with van der Waals surface area (Å²) in [4.78, 5) is 2.34. The van der Waals surface area contributed by atoms with E-state index < -0.39 is 0 Å². The molecule has 0 saturated carbocycles. The van der Waals surface area contributed by atoms with Crippen LogP contribution in [0.15, 0.2) is 48.5 Å². The molecular weight excluding hydrogens is 311 g/mol. The van der Waals surface area contributed by atoms with E-state index in [0.717, 1.165) is 43.1 Å². The van der Waals surface area contributed by atoms with Crippen molar-refractivity contribution >= 4 is 11.6 Å². The number of benzene rings is 2. The molecule has 0 aromatic heterocycles. The first-order valence-corrected chi connectivity index (χ1v) is 8.43. The monoisotopic (exact) mass is 332 g/mol. The Kier molecular flexibility index (Phi) is 5.31. The van der Waals surface area contributed by atoms with Gasteiger partial charge < -0.3 is 5.73 Å². The zero-order valence-electron chi connectivity index (χ0n) is 13.1. The van der Waals surface area contributed by atoms with Gasteiger partial charge in [0.1, 0.15) is 5.82 Å². The van der Waals surface area contributed by atoms with Crippen molar-refractivity contribution in [2.75, 3.05) is 13.1 Å². The highest BCUT2D eigenvalue weighted by molar-refractivity contribution is 6.30. The average Bonchev–Trinajstić information content (AvgIpc) is 2.49. The molecule has 1 fully saturated rings. The van der Waals surface area contributed by atoms with Crippen LogP contribution in [-0.4, -0.2) is 24.0 Å². The third-order valence-electron chi connectivity index (χ3n) is 4.38. The first-order chi connectivity index (χ1) is 11.1. The van der Waals surface area contributed by atoms with Crippen LogP contribution in [0.25, 0.3) is 0 Å². The maximum Gasteiger partial charge on any atom is 0.123 e. The van der Waals surface area contributed by atoms with Crippen molar-refractivity contribution in [3.63, 3.8) is 0 Å². The van der Waals surface area contributed by atoms with Gasteiger partial charge in [-0.2, -0.15) is 0 Å². The third kappa shape index (κ3) is 4.77. The predicted octanol–water partition coefficient (Wildman–Crippen LogP) is 3.87. The van der Waals surface area contributed by atoms with Gasteiger partial charge in [-0.05, 0) is 54.2 Å². The molecule has 1 aliphatic heterocycles. The molecular formula is C19H22ClFN2. The molecule has 0 amide bonds. The molecule has 2 aromatic carbocycles. The minimum atomic E-state index is -0.179. The van der Waals surface area contributed by atoms with Gasteiger partial charge in [-0.3, -0.25) is 4.90 Å². The summed E-state index contributed by atoms with van der Waals surface area (Å²) in [7, 11) is 0. The Balaban J connectivity index is 1.63. The number of nitrogens with zero attached hydrogens (tertiary/aromatic N) is 1. The summed E-state index contributed by atoms with van der Waals surface area (Å²) in [5.74, 6) is 0.343. The average molecular weight is 333 g/mol. The molecule has 0 radical (unpaired) electrons. The molecule has 2 unspecified atom stereocenters. The van der Waals surface area contributed by atoms with E-state index in [-0.39, 0.29) is 11.9 Å². The van der Waals surface area contributed by atoms with Crippen molar-refractivity contribution in [1.29, 1.82) is 0 Å². The molecule has 2 N–H and O–H groups in total. The molecule has 1 saturated heterocycles. The lowest BCUT2D eigenvalue weighted by molar-refractivity contribution is 0.149. The number of halogens is 2. The summed E-state index contributed by atoms with van der Waals surface area (Å²) < 4.78 is 13.3. The van der Waals surface area contributed by atoms with E-state index in [4.69, 9.17) is 17.3 Å². The van der Waals surface area contributed by atoms with Gasteiger partial charge in [0.05, 0.1) is 0 Å². The van der Waals surface area contributed by atoms with Crippen LogP contribution in [-0.2, 0) is 13.0 Å². The fourth-order valence-electron chi connectivity index (χ4n) is 3.47. The van der Waals surface area contributed by atoms with Crippen LogP contribution in [0.2, 0.25) is 5.02 Å². The van der Waals surface area contributed by atoms with Gasteiger partial charge in [-0.25, -0.2) is 4.39 Å². The second-order valence-corrected chi connectivity index (χ2v) is 6.95. The number of nitrogens with two attached hydrogens (primary N) is 1. The molecule has 2 nitrogen and oxygen atoms in total. The van der Waals surface area contributed by atoms with E-state index in [2.05, 4.69) is 17.0 Å². The Labute approximate surface area is 142 Å². The molecule has 0 spiro atoms. The van der Waals surface area contributed by atoms with Gasteiger partial charge >= 0.3 is 0 Å². The zero-order valence-corrected chi connectivity index (χ0v) is 13.8. The normalized spacial score (nSPS) is 22.2. The fraction of sp³-hybridized carbons (Fsp3) is 0.368. The topological polar surface area (TPSA) is 29.3 Å². The van der Waals surface area contributed by atoms with Gasteiger partial charge in [0.2, 0.25) is 0 Å². The second-order valence-electron chi connectivity index (χ2n) is 6.52. The summed E-state index contributed by atoms with van der Waals surface area (Å²) in [6, 6.07) is 15.0. The van der Waals surface area contributed by atoms with Crippen molar-refractivity contribution in [1.82, 2.24) is 4.90 Å². The van der Waals surface area contributed by atoms with Crippen LogP contribution in [0.5, 0.6) is 0 Å². The molecule has 1 heterocycles. The third-order valence-corrected chi connectivity index (χ3v) is 4.63. The number of likely N-dealkylation sites (tertiary alicyclic amines) is 1. The highest BCUT2D eigenvalue weighted by Crippen LogP contribution is 2.23. The molecule has 3 rings (SSSR count). The maximum atomic E-state index is 13.3. The lowest BCUT2D eigenvalue weighted by Crippen LogP contribution is -2.47. The lowest BCUT2D eigenvalue weighted by Gasteiger charge is -2.36. The van der Waals surface area contributed by atoms with Gasteiger partial charge in [0.25, 0.3) is 0 Å². The van der Waals surface area contributed by atoms with Crippen LogP contribution < -0.4 is 5.73 Å². The lowest BCUT2D eigenvalue weighted by atomic mass is 9.89. The number of hydrogen-bond acceptors (Lipinski definition) is 2. The van der Waals surface area contributed by atoms with E-state index in [1.807, 2.05) is 18.2 Å². The zero-order chi connectivity index (χ0) is 16.2. The molecule has 23 heavy (non-hydrogen) atoms. The van der Waals surface area contributed by atoms with Crippen molar-refractivity contribution in [3.8, 4) is 0 Å². The van der Waals surface area contributed by atoms with Gasteiger partial charge in [-0.15, -0.1) is 0 Å². The Morgan fingerprint density at radius 3 is 2.61 bits per heavy atom. The predicted molar refractivity (Wildman–Crippen MR) is 92.9 cm³/mol. The van der Waals surface area contributed by atoms with Crippen molar-refractivity contribution in [3.05, 3.63) is 70.5 Å². The van der Waals surface area contributed by atoms with Crippen LogP contribution in [0.4, 0.5) is 4.39 Å². The van der Waals surface area contributed by atoms with Crippen LogP contribution >= 0.6 is 11.6 Å². The fourth-order valence-corrected chi connectivity index (χ4v) is 3.60. The summed E-state index contributed by atoms with van der Waals surface area (Å²) in [6.45, 7) is 2.61. The maximum absolute atomic E-state index is 13.3. The van der Waals surface area contributed by atoms with Crippen LogP contribution in [0.3, 0.4) is 0 Å². The van der Waals surface area contributed by atoms with Crippen molar-refractivity contribution < 1.29 is 4.39 Å². The number of rotatable bonds is 4. The standard InChI is InChI=1S/C19H22ClFN2/c20-17-6-4-14(5-7-17)8-16-10-19(22)13-23(12-16)11-15-2-1-3-18(21)9-15/h1-7,9,16,19H,8,10-13,22H2. The number of hydrogen-bond donors (Lipinski definition) is 1. The smallest absolute Gasteiger partial charge is 0.123 e. The highest BCUT2D eigenvalue weighted by Gasteiger charge is 2.25. The van der Waals surface area contributed by atoms with Gasteiger partial charge in [0.15, 0.2) is 0 Å². The minimum Gasteiger partial charge on any atom is -0.327 e. The van der Waals surface area contributed by atoms with Crippen LogP contribution in [0, 0.1) is 11.7 Å². The first-order valence-electron chi connectivity index (χ1n) is 8.05. The van der Waals surface area contributed by atoms with Crippen molar-refractivity contribution in [2.24, 2.45) is 11.7 Å². The molecule has 2 atom stereocenters. The summed E-state index contributed by atoms with van der Waals surface area (Å²) in [6.07, 6.45) is 2.03. The summed E-state index contributed by atoms with van der Waals surface area (Å²) >= 11 is 5.94. The molecule has 0 bridgehead atoms. The molecule has 4 heteroatoms. The molecule has 122 valence electrons. The second kappa shape index (κ2) is 7.43. The van der Waals surface area contributed by atoms with E-state index >= 15 is 0 Å². The first kappa shape index (κ1) is 16.4. The highest BCUT2D eigenvalue weighted by atomic mass is 35.5. The largest absolute Gasteiger partial charge is 0.327 e. The van der Waals surface area contributed by atoms with Gasteiger partial charge in [0, 0.05) is 30.7 Å².